The molecule has 21 aromatic rings. The first kappa shape index (κ1) is 47.0. The van der Waals surface area contributed by atoms with Crippen LogP contribution in [0.25, 0.3) is 208 Å². The quantitative estimate of drug-likeness (QED) is 0.176. The lowest BCUT2D eigenvalue weighted by Gasteiger charge is -2.19. The van der Waals surface area contributed by atoms with Gasteiger partial charge in [0.25, 0.3) is 0 Å². The van der Waals surface area contributed by atoms with E-state index >= 15 is 0 Å². The number of furan rings is 4. The summed E-state index contributed by atoms with van der Waals surface area (Å²) < 4.78 is 33.4. The average molecular weight is 1130 g/mol. The van der Waals surface area contributed by atoms with E-state index in [0.717, 1.165) is 170 Å². The molecule has 6 nitrogen and oxygen atoms in total. The summed E-state index contributed by atoms with van der Waals surface area (Å²) in [6, 6.07) is 86.4. The van der Waals surface area contributed by atoms with E-state index in [1.807, 2.05) is 0 Å². The predicted molar refractivity (Wildman–Crippen MR) is 365 cm³/mol. The smallest absolute Gasteiger partial charge is 0.160 e. The highest BCUT2D eigenvalue weighted by Crippen LogP contribution is 2.53. The zero-order valence-corrected chi connectivity index (χ0v) is 48.0. The lowest BCUT2D eigenvalue weighted by Crippen LogP contribution is -2.10. The van der Waals surface area contributed by atoms with Gasteiger partial charge in [0.05, 0.1) is 33.1 Å². The van der Waals surface area contributed by atoms with Gasteiger partial charge < -0.3 is 26.5 Å². The molecule has 410 valence electrons. The Morgan fingerprint density at radius 1 is 0.239 bits per heavy atom. The summed E-state index contributed by atoms with van der Waals surface area (Å²) in [5.41, 5.74) is 23.8. The Kier molecular flexibility index (Phi) is 8.72. The molecule has 8 heterocycles. The standard InChI is InChI=1S/C82H48N2O4/c1-82(2,3)48-28-25-43(26-29-48)46-38-62-53-30-33-57-52-20-10-13-23-68(52)86-79(57)75(53)84-73(62)65(39-46)66-42-60(71-59-21-11-14-24-69(59)88-81(71)77(66)84)45-27-36-70-61(37-45)58-35-32-55-64-41-47(50-18-8-7-17-49(50)44-15-5-4-6-16-44)40-63-54-31-34-56-51-19-9-12-22-67(51)85-78(56)74(54)83(72(63)64)76(55)80(58)87-70/h4-42H,1-3H3. The number of aromatic nitrogens is 2. The van der Waals surface area contributed by atoms with E-state index in [4.69, 9.17) is 17.7 Å². The van der Waals surface area contributed by atoms with Crippen LogP contribution in [0.5, 0.6) is 0 Å². The van der Waals surface area contributed by atoms with Crippen LogP contribution in [0.4, 0.5) is 0 Å². The van der Waals surface area contributed by atoms with Crippen LogP contribution in [-0.4, -0.2) is 8.80 Å². The topological polar surface area (TPSA) is 61.4 Å². The SMILES string of the molecule is CC(C)(C)c1ccc(-c2cc3c4ccc5c6ccccc6oc5c4n4c3c(c2)c2cc(-c3ccc5oc6c(ccc7c8cc(-c9ccccc9-c9ccccc9)cc9c%10ccc%11c%12ccccc%12oc%11c%10n(c98)c76)c5c3)c3c5ccccc5oc3c24)cc1. The zero-order chi connectivity index (χ0) is 57.6. The van der Waals surface area contributed by atoms with Crippen LogP contribution < -0.4 is 0 Å². The molecule has 0 spiro atoms. The molecule has 0 aliphatic heterocycles. The molecule has 13 aromatic carbocycles. The van der Waals surface area contributed by atoms with Crippen LogP contribution in [0.15, 0.2) is 254 Å². The molecule has 0 aliphatic carbocycles. The minimum Gasteiger partial charge on any atom is -0.454 e. The maximum atomic E-state index is 7.31. The van der Waals surface area contributed by atoms with Crippen LogP contribution in [0.2, 0.25) is 0 Å². The Morgan fingerprint density at radius 2 is 0.636 bits per heavy atom. The predicted octanol–water partition coefficient (Wildman–Crippen LogP) is 23.5. The van der Waals surface area contributed by atoms with Gasteiger partial charge in [-0.3, -0.25) is 0 Å². The molecule has 21 rings (SSSR count). The largest absolute Gasteiger partial charge is 0.454 e. The van der Waals surface area contributed by atoms with Crippen molar-refractivity contribution in [3.8, 4) is 44.5 Å². The van der Waals surface area contributed by atoms with Gasteiger partial charge in [-0.1, -0.05) is 178 Å². The van der Waals surface area contributed by atoms with Crippen molar-refractivity contribution < 1.29 is 17.7 Å². The second kappa shape index (κ2) is 16.3. The number of benzene rings is 13. The van der Waals surface area contributed by atoms with Crippen LogP contribution in [0.1, 0.15) is 26.3 Å². The molecule has 0 bridgehead atoms. The average Bonchev–Trinajstić information content (AvgIpc) is 1.53. The van der Waals surface area contributed by atoms with Gasteiger partial charge in [0.2, 0.25) is 0 Å². The summed E-state index contributed by atoms with van der Waals surface area (Å²) in [4.78, 5) is 0. The van der Waals surface area contributed by atoms with Gasteiger partial charge in [0, 0.05) is 86.2 Å². The first-order valence-electron chi connectivity index (χ1n) is 30.4. The number of rotatable bonds is 4. The first-order chi connectivity index (χ1) is 43.3. The van der Waals surface area contributed by atoms with Gasteiger partial charge in [0.15, 0.2) is 22.3 Å². The van der Waals surface area contributed by atoms with E-state index in [9.17, 15) is 0 Å². The highest BCUT2D eigenvalue weighted by atomic mass is 16.3. The second-order valence-corrected chi connectivity index (χ2v) is 25.4. The monoisotopic (exact) mass is 1120 g/mol. The van der Waals surface area contributed by atoms with Crippen molar-refractivity contribution in [3.63, 3.8) is 0 Å². The number of fused-ring (bicyclic) bond motifs is 28. The minimum absolute atomic E-state index is 0.0295. The molecule has 0 amide bonds. The lowest BCUT2D eigenvalue weighted by molar-refractivity contribution is 0.590. The van der Waals surface area contributed by atoms with E-state index in [2.05, 4.69) is 266 Å². The fourth-order valence-electron chi connectivity index (χ4n) is 15.7. The third-order valence-electron chi connectivity index (χ3n) is 19.7. The number of hydrogen-bond donors (Lipinski definition) is 0. The van der Waals surface area contributed by atoms with Crippen molar-refractivity contribution in [2.75, 3.05) is 0 Å². The summed E-state index contributed by atoms with van der Waals surface area (Å²) in [5, 5.41) is 17.8. The third-order valence-corrected chi connectivity index (χ3v) is 19.7. The number of nitrogens with zero attached hydrogens (tertiary/aromatic N) is 2. The van der Waals surface area contributed by atoms with Crippen molar-refractivity contribution >= 4 is 164 Å². The van der Waals surface area contributed by atoms with Gasteiger partial charge in [-0.15, -0.1) is 0 Å². The number of para-hydroxylation sites is 3. The van der Waals surface area contributed by atoms with Crippen LogP contribution in [0.3, 0.4) is 0 Å². The molecule has 0 N–H and O–H groups in total. The lowest BCUT2D eigenvalue weighted by atomic mass is 9.86. The molecule has 0 saturated heterocycles. The fourth-order valence-corrected chi connectivity index (χ4v) is 15.7. The molecular weight excluding hydrogens is 1080 g/mol. The van der Waals surface area contributed by atoms with Gasteiger partial charge in [0.1, 0.15) is 22.3 Å². The molecule has 6 heteroatoms. The summed E-state index contributed by atoms with van der Waals surface area (Å²) >= 11 is 0. The molecule has 0 aliphatic rings. The van der Waals surface area contributed by atoms with Gasteiger partial charge in [-0.25, -0.2) is 0 Å². The summed E-state index contributed by atoms with van der Waals surface area (Å²) in [6.07, 6.45) is 0. The fraction of sp³-hybridized carbons (Fsp3) is 0.0488. The van der Waals surface area contributed by atoms with Crippen molar-refractivity contribution in [1.29, 1.82) is 0 Å². The Hall–Kier alpha value is -11.3. The molecular formula is C82H48N2O4. The zero-order valence-electron chi connectivity index (χ0n) is 48.0. The molecule has 0 fully saturated rings. The van der Waals surface area contributed by atoms with Crippen LogP contribution in [0, 0.1) is 0 Å². The highest BCUT2D eigenvalue weighted by Gasteiger charge is 2.30. The normalized spacial score (nSPS) is 12.9. The summed E-state index contributed by atoms with van der Waals surface area (Å²) in [5.74, 6) is 0. The van der Waals surface area contributed by atoms with Gasteiger partial charge >= 0.3 is 0 Å². The first-order valence-corrected chi connectivity index (χ1v) is 30.4. The Balaban J connectivity index is 0.853. The molecule has 0 saturated carbocycles. The van der Waals surface area contributed by atoms with Crippen molar-refractivity contribution in [3.05, 3.63) is 242 Å². The summed E-state index contributed by atoms with van der Waals surface area (Å²) in [7, 11) is 0. The summed E-state index contributed by atoms with van der Waals surface area (Å²) in [6.45, 7) is 6.82. The number of hydrogen-bond acceptors (Lipinski definition) is 4. The Morgan fingerprint density at radius 3 is 1.20 bits per heavy atom. The van der Waals surface area contributed by atoms with E-state index in [0.29, 0.717) is 0 Å². The van der Waals surface area contributed by atoms with E-state index in [1.165, 1.54) is 44.0 Å². The molecule has 0 atom stereocenters. The van der Waals surface area contributed by atoms with Crippen molar-refractivity contribution in [2.24, 2.45) is 0 Å². The van der Waals surface area contributed by atoms with Crippen molar-refractivity contribution in [2.45, 2.75) is 26.2 Å². The third kappa shape index (κ3) is 5.96. The van der Waals surface area contributed by atoms with Crippen LogP contribution in [-0.2, 0) is 5.41 Å². The van der Waals surface area contributed by atoms with Crippen molar-refractivity contribution in [1.82, 2.24) is 8.80 Å². The van der Waals surface area contributed by atoms with Gasteiger partial charge in [-0.05, 0) is 134 Å². The molecule has 0 unspecified atom stereocenters. The maximum Gasteiger partial charge on any atom is 0.160 e. The maximum absolute atomic E-state index is 7.31. The second-order valence-electron chi connectivity index (χ2n) is 25.4. The Bertz CT molecular complexity index is 6630. The van der Waals surface area contributed by atoms with Crippen LogP contribution >= 0.6 is 0 Å². The minimum atomic E-state index is 0.0295. The molecule has 88 heavy (non-hydrogen) atoms. The van der Waals surface area contributed by atoms with E-state index in [1.54, 1.807) is 0 Å². The van der Waals surface area contributed by atoms with E-state index < -0.39 is 0 Å². The van der Waals surface area contributed by atoms with Gasteiger partial charge in [-0.2, -0.15) is 0 Å². The van der Waals surface area contributed by atoms with E-state index in [-0.39, 0.29) is 5.41 Å². The Labute approximate surface area is 500 Å². The molecule has 8 aromatic heterocycles. The molecule has 0 radical (unpaired) electrons. The highest BCUT2D eigenvalue weighted by molar-refractivity contribution is 6.35.